The van der Waals surface area contributed by atoms with Gasteiger partial charge in [0.2, 0.25) is 5.91 Å². The number of nitrogens with two attached hydrogens (primary N) is 1. The van der Waals surface area contributed by atoms with Crippen molar-refractivity contribution in [3.63, 3.8) is 0 Å². The molecule has 186 valence electrons. The van der Waals surface area contributed by atoms with E-state index in [0.717, 1.165) is 16.5 Å². The van der Waals surface area contributed by atoms with Gasteiger partial charge in [-0.3, -0.25) is 19.4 Å². The second-order valence-electron chi connectivity index (χ2n) is 9.51. The Balaban J connectivity index is 1.27. The summed E-state index contributed by atoms with van der Waals surface area (Å²) in [6, 6.07) is 18.2. The molecule has 1 aliphatic carbocycles. The molecule has 0 spiro atoms. The zero-order valence-electron chi connectivity index (χ0n) is 20.3. The number of carbonyl (C=O) groups is 3. The second-order valence-corrected chi connectivity index (χ2v) is 9.51. The number of aromatic nitrogens is 1. The molecule has 5 rings (SSSR count). The lowest BCUT2D eigenvalue weighted by Gasteiger charge is -2.14. The van der Waals surface area contributed by atoms with Gasteiger partial charge in [-0.1, -0.05) is 24.3 Å². The first-order chi connectivity index (χ1) is 17.7. The fraction of sp³-hybridized carbons (Fsp3) is 0.200. The van der Waals surface area contributed by atoms with Crippen LogP contribution in [0, 0.1) is 18.2 Å². The summed E-state index contributed by atoms with van der Waals surface area (Å²) < 4.78 is 19.2. The van der Waals surface area contributed by atoms with Crippen LogP contribution in [0.25, 0.3) is 10.9 Å². The molecule has 0 radical (unpaired) electrons. The highest BCUT2D eigenvalue weighted by molar-refractivity contribution is 6.11. The van der Waals surface area contributed by atoms with Crippen LogP contribution < -0.4 is 10.5 Å². The molecule has 6 nitrogen and oxygen atoms in total. The minimum absolute atomic E-state index is 0.0888. The van der Waals surface area contributed by atoms with Gasteiger partial charge in [0.1, 0.15) is 17.3 Å². The summed E-state index contributed by atoms with van der Waals surface area (Å²) in [4.78, 5) is 41.9. The van der Waals surface area contributed by atoms with Gasteiger partial charge in [0.25, 0.3) is 0 Å². The van der Waals surface area contributed by atoms with Crippen LogP contribution in [-0.4, -0.2) is 22.5 Å². The molecule has 0 saturated heterocycles. The summed E-state index contributed by atoms with van der Waals surface area (Å²) in [5, 5.41) is 0.750. The number of aryl methyl sites for hydroxylation is 1. The highest BCUT2D eigenvalue weighted by Gasteiger charge is 2.54. The minimum atomic E-state index is -0.929. The van der Waals surface area contributed by atoms with Gasteiger partial charge in [-0.2, -0.15) is 0 Å². The van der Waals surface area contributed by atoms with Gasteiger partial charge >= 0.3 is 0 Å². The van der Waals surface area contributed by atoms with Crippen LogP contribution in [0.4, 0.5) is 4.39 Å². The lowest BCUT2D eigenvalue weighted by molar-refractivity contribution is -0.133. The number of amides is 1. The molecule has 1 aromatic heterocycles. The summed E-state index contributed by atoms with van der Waals surface area (Å²) in [5.41, 5.74) is 7.76. The minimum Gasteiger partial charge on any atom is -0.457 e. The molecule has 1 heterocycles. The van der Waals surface area contributed by atoms with E-state index in [1.807, 2.05) is 18.2 Å². The van der Waals surface area contributed by atoms with E-state index in [0.29, 0.717) is 41.0 Å². The molecule has 3 aromatic carbocycles. The Bertz CT molecular complexity index is 1520. The van der Waals surface area contributed by atoms with Gasteiger partial charge in [-0.25, -0.2) is 4.39 Å². The van der Waals surface area contributed by atoms with Crippen molar-refractivity contribution >= 4 is 28.4 Å². The second kappa shape index (κ2) is 9.58. The van der Waals surface area contributed by atoms with Crippen molar-refractivity contribution in [2.24, 2.45) is 11.1 Å². The number of halogens is 1. The zero-order valence-corrected chi connectivity index (χ0v) is 20.3. The summed E-state index contributed by atoms with van der Waals surface area (Å²) in [6.07, 6.45) is 2.99. The van der Waals surface area contributed by atoms with Crippen LogP contribution in [0.1, 0.15) is 39.9 Å². The predicted octanol–water partition coefficient (Wildman–Crippen LogP) is 5.28. The zero-order chi connectivity index (χ0) is 26.2. The number of ether oxygens (including phenoxy) is 1. The number of hydrogen-bond donors (Lipinski definition) is 1. The van der Waals surface area contributed by atoms with Crippen LogP contribution in [0.15, 0.2) is 72.9 Å². The molecule has 1 aliphatic rings. The number of rotatable bonds is 9. The number of carbonyl (C=O) groups excluding carboxylic acids is 3. The number of Topliss-reactive ketones (excluding diaryl/α,β-unsaturated/α-hetero) is 2. The molecule has 1 saturated carbocycles. The molecular weight excluding hydrogens is 471 g/mol. The van der Waals surface area contributed by atoms with Crippen molar-refractivity contribution < 1.29 is 23.5 Å². The monoisotopic (exact) mass is 496 g/mol. The van der Waals surface area contributed by atoms with E-state index >= 15 is 0 Å². The van der Waals surface area contributed by atoms with E-state index in [9.17, 15) is 18.8 Å². The normalized spacial score (nSPS) is 13.8. The van der Waals surface area contributed by atoms with Crippen LogP contribution >= 0.6 is 0 Å². The van der Waals surface area contributed by atoms with E-state index in [1.54, 1.807) is 49.5 Å². The molecule has 0 bridgehead atoms. The number of nitrogens with zero attached hydrogens (tertiary/aromatic N) is 1. The molecular formula is C30H25FN2O4. The number of benzene rings is 3. The lowest BCUT2D eigenvalue weighted by Crippen LogP contribution is -2.28. The van der Waals surface area contributed by atoms with Gasteiger partial charge in [-0.15, -0.1) is 0 Å². The molecule has 4 aromatic rings. The third-order valence-electron chi connectivity index (χ3n) is 6.92. The Morgan fingerprint density at radius 3 is 2.08 bits per heavy atom. The maximum absolute atomic E-state index is 13.2. The van der Waals surface area contributed by atoms with Crippen LogP contribution in [0.3, 0.4) is 0 Å². The first-order valence-electron chi connectivity index (χ1n) is 12.0. The van der Waals surface area contributed by atoms with Gasteiger partial charge < -0.3 is 10.5 Å². The third-order valence-corrected chi connectivity index (χ3v) is 6.92. The molecule has 1 amide bonds. The molecule has 0 atom stereocenters. The highest BCUT2D eigenvalue weighted by atomic mass is 19.1. The summed E-state index contributed by atoms with van der Waals surface area (Å²) in [5.74, 6) is 0.0933. The Morgan fingerprint density at radius 2 is 1.51 bits per heavy atom. The van der Waals surface area contributed by atoms with Crippen molar-refractivity contribution in [3.05, 3.63) is 101 Å². The molecule has 7 heteroatoms. The highest BCUT2D eigenvalue weighted by Crippen LogP contribution is 2.48. The fourth-order valence-corrected chi connectivity index (χ4v) is 4.58. The molecule has 0 aliphatic heterocycles. The first-order valence-corrected chi connectivity index (χ1v) is 12.0. The van der Waals surface area contributed by atoms with Gasteiger partial charge in [-0.05, 0) is 78.9 Å². The number of ketones is 2. The quantitative estimate of drug-likeness (QED) is 0.318. The Hall–Kier alpha value is -4.39. The third kappa shape index (κ3) is 4.98. The first kappa shape index (κ1) is 24.3. The van der Waals surface area contributed by atoms with Crippen molar-refractivity contribution in [1.82, 2.24) is 4.98 Å². The number of pyridine rings is 1. The average molecular weight is 497 g/mol. The number of hydrogen-bond acceptors (Lipinski definition) is 5. The molecule has 2 N–H and O–H groups in total. The van der Waals surface area contributed by atoms with Crippen LogP contribution in [0.2, 0.25) is 0 Å². The Labute approximate surface area is 213 Å². The van der Waals surface area contributed by atoms with Gasteiger partial charge in [0.15, 0.2) is 11.6 Å². The maximum atomic E-state index is 13.2. The van der Waals surface area contributed by atoms with Crippen molar-refractivity contribution in [2.45, 2.75) is 32.6 Å². The van der Waals surface area contributed by atoms with Gasteiger partial charge in [0, 0.05) is 30.0 Å². The molecule has 1 fully saturated rings. The maximum Gasteiger partial charge on any atom is 0.249 e. The van der Waals surface area contributed by atoms with E-state index < -0.39 is 11.3 Å². The summed E-state index contributed by atoms with van der Waals surface area (Å²) >= 11 is 0. The van der Waals surface area contributed by atoms with Crippen LogP contribution in [-0.2, 0) is 22.4 Å². The van der Waals surface area contributed by atoms with Crippen molar-refractivity contribution in [2.75, 3.05) is 0 Å². The molecule has 37 heavy (non-hydrogen) atoms. The van der Waals surface area contributed by atoms with Gasteiger partial charge in [0.05, 0.1) is 10.9 Å². The summed E-state index contributed by atoms with van der Waals surface area (Å²) in [6.45, 7) is 1.80. The summed E-state index contributed by atoms with van der Waals surface area (Å²) in [7, 11) is 0. The van der Waals surface area contributed by atoms with E-state index in [-0.39, 0.29) is 30.2 Å². The average Bonchev–Trinajstić information content (AvgIpc) is 3.69. The largest absolute Gasteiger partial charge is 0.457 e. The van der Waals surface area contributed by atoms with Crippen molar-refractivity contribution in [1.29, 1.82) is 0 Å². The lowest BCUT2D eigenvalue weighted by atomic mass is 9.88. The predicted molar refractivity (Wildman–Crippen MR) is 137 cm³/mol. The Kier molecular flexibility index (Phi) is 6.29. The van der Waals surface area contributed by atoms with Crippen LogP contribution in [0.5, 0.6) is 11.5 Å². The molecule has 0 unspecified atom stereocenters. The fourth-order valence-electron chi connectivity index (χ4n) is 4.58. The van der Waals surface area contributed by atoms with Crippen molar-refractivity contribution in [3.8, 4) is 11.5 Å². The standard InChI is InChI=1S/C30H25FN2O4/c1-18-14-24-25(17-23(18)29(32)36)33-13-10-26(24)37-22-8-4-20(5-9-22)16-28(35)30(11-12-30)27(34)15-19-2-6-21(31)7-3-19/h2-10,13-14,17H,11-12,15-16H2,1H3,(H2,32,36). The SMILES string of the molecule is Cc1cc2c(Oc3ccc(CC(=O)C4(C(=O)Cc5ccc(F)cc5)CC4)cc3)ccnc2cc1C(N)=O. The topological polar surface area (TPSA) is 99.3 Å². The van der Waals surface area contributed by atoms with E-state index in [4.69, 9.17) is 10.5 Å². The number of primary amides is 1. The number of fused-ring (bicyclic) bond motifs is 1. The van der Waals surface area contributed by atoms with E-state index in [2.05, 4.69) is 4.98 Å². The smallest absolute Gasteiger partial charge is 0.249 e. The van der Waals surface area contributed by atoms with E-state index in [1.165, 1.54) is 12.1 Å². The Morgan fingerprint density at radius 1 is 0.919 bits per heavy atom.